The van der Waals surface area contributed by atoms with Crippen molar-refractivity contribution in [1.29, 1.82) is 0 Å². The minimum absolute atomic E-state index is 0.517. The van der Waals surface area contributed by atoms with Crippen LogP contribution in [-0.2, 0) is 0 Å². The first-order chi connectivity index (χ1) is 6.45. The lowest BCUT2D eigenvalue weighted by atomic mass is 10.2. The standard InChI is InChI=1S/C10H8NO2/c1-2-9-10(13-6-5-12-9)7-3-4-11-8(1)7/h1-4,6,11H,5H2. The van der Waals surface area contributed by atoms with Crippen LogP contribution < -0.4 is 9.47 Å². The van der Waals surface area contributed by atoms with Gasteiger partial charge in [0.15, 0.2) is 18.1 Å². The van der Waals surface area contributed by atoms with Crippen molar-refractivity contribution in [3.05, 3.63) is 31.0 Å². The molecule has 0 atom stereocenters. The molecule has 0 bridgehead atoms. The van der Waals surface area contributed by atoms with Gasteiger partial charge in [-0.15, -0.1) is 0 Å². The minimum Gasteiger partial charge on any atom is -0.486 e. The zero-order valence-electron chi connectivity index (χ0n) is 6.91. The van der Waals surface area contributed by atoms with Gasteiger partial charge >= 0.3 is 0 Å². The van der Waals surface area contributed by atoms with Crippen LogP contribution in [-0.4, -0.2) is 11.6 Å². The molecule has 1 N–H and O–H groups in total. The highest BCUT2D eigenvalue weighted by Gasteiger charge is 2.15. The molecule has 0 saturated heterocycles. The van der Waals surface area contributed by atoms with Crippen LogP contribution in [0.2, 0.25) is 0 Å². The number of hydrogen-bond donors (Lipinski definition) is 1. The van der Waals surface area contributed by atoms with Gasteiger partial charge in [0, 0.05) is 17.1 Å². The van der Waals surface area contributed by atoms with Crippen molar-refractivity contribution in [3.8, 4) is 11.5 Å². The van der Waals surface area contributed by atoms with Crippen LogP contribution in [0, 0.1) is 6.61 Å². The number of fused-ring (bicyclic) bond motifs is 3. The van der Waals surface area contributed by atoms with E-state index in [4.69, 9.17) is 9.47 Å². The molecule has 3 rings (SSSR count). The molecule has 3 heteroatoms. The van der Waals surface area contributed by atoms with E-state index in [1.54, 1.807) is 6.61 Å². The maximum atomic E-state index is 5.43. The van der Waals surface area contributed by atoms with Gasteiger partial charge in [-0.1, -0.05) is 0 Å². The second kappa shape index (κ2) is 2.42. The molecule has 0 spiro atoms. The average Bonchev–Trinajstić information content (AvgIpc) is 2.65. The monoisotopic (exact) mass is 174 g/mol. The molecular formula is C10H8NO2. The second-order valence-electron chi connectivity index (χ2n) is 2.93. The van der Waals surface area contributed by atoms with Crippen molar-refractivity contribution in [2.75, 3.05) is 6.61 Å². The van der Waals surface area contributed by atoms with E-state index in [1.807, 2.05) is 24.4 Å². The summed E-state index contributed by atoms with van der Waals surface area (Å²) < 4.78 is 10.8. The molecule has 0 amide bonds. The highest BCUT2D eigenvalue weighted by molar-refractivity contribution is 5.88. The topological polar surface area (TPSA) is 34.2 Å². The van der Waals surface area contributed by atoms with Gasteiger partial charge in [-0.05, 0) is 18.2 Å². The zero-order chi connectivity index (χ0) is 8.67. The van der Waals surface area contributed by atoms with E-state index in [0.29, 0.717) is 6.61 Å². The quantitative estimate of drug-likeness (QED) is 0.663. The summed E-state index contributed by atoms with van der Waals surface area (Å²) in [6, 6.07) is 5.89. The van der Waals surface area contributed by atoms with Crippen molar-refractivity contribution in [2.45, 2.75) is 0 Å². The van der Waals surface area contributed by atoms with Gasteiger partial charge in [0.05, 0.1) is 0 Å². The van der Waals surface area contributed by atoms with Crippen molar-refractivity contribution >= 4 is 10.9 Å². The molecule has 2 heterocycles. The third-order valence-corrected chi connectivity index (χ3v) is 2.16. The molecule has 13 heavy (non-hydrogen) atoms. The van der Waals surface area contributed by atoms with Gasteiger partial charge in [-0.25, -0.2) is 0 Å². The Balaban J connectivity index is 2.34. The number of hydrogen-bond acceptors (Lipinski definition) is 2. The van der Waals surface area contributed by atoms with E-state index in [2.05, 4.69) is 4.98 Å². The maximum absolute atomic E-state index is 5.43. The zero-order valence-corrected chi connectivity index (χ0v) is 6.91. The van der Waals surface area contributed by atoms with Gasteiger partial charge in [0.25, 0.3) is 0 Å². The van der Waals surface area contributed by atoms with Gasteiger partial charge in [-0.3, -0.25) is 0 Å². The van der Waals surface area contributed by atoms with E-state index in [-0.39, 0.29) is 0 Å². The summed E-state index contributed by atoms with van der Waals surface area (Å²) in [5.41, 5.74) is 1.07. The summed E-state index contributed by atoms with van der Waals surface area (Å²) in [5, 5.41) is 1.06. The largest absolute Gasteiger partial charge is 0.486 e. The lowest BCUT2D eigenvalue weighted by Gasteiger charge is -2.17. The Morgan fingerprint density at radius 1 is 1.23 bits per heavy atom. The molecular weight excluding hydrogens is 166 g/mol. The average molecular weight is 174 g/mol. The predicted molar refractivity (Wildman–Crippen MR) is 48.7 cm³/mol. The van der Waals surface area contributed by atoms with Gasteiger partial charge in [-0.2, -0.15) is 0 Å². The van der Waals surface area contributed by atoms with Crippen molar-refractivity contribution in [2.24, 2.45) is 0 Å². The smallest absolute Gasteiger partial charge is 0.173 e. The Morgan fingerprint density at radius 3 is 3.23 bits per heavy atom. The summed E-state index contributed by atoms with van der Waals surface area (Å²) in [5.74, 6) is 1.62. The van der Waals surface area contributed by atoms with Crippen LogP contribution in [0.15, 0.2) is 24.4 Å². The highest BCUT2D eigenvalue weighted by Crippen LogP contribution is 2.37. The normalized spacial score (nSPS) is 14.8. The lowest BCUT2D eigenvalue weighted by molar-refractivity contribution is 0.226. The second-order valence-corrected chi connectivity index (χ2v) is 2.93. The fourth-order valence-corrected chi connectivity index (χ4v) is 1.56. The molecule has 0 fully saturated rings. The van der Waals surface area contributed by atoms with Crippen LogP contribution in [0.3, 0.4) is 0 Å². The number of benzene rings is 1. The van der Waals surface area contributed by atoms with E-state index in [1.165, 1.54) is 0 Å². The molecule has 1 aromatic heterocycles. The van der Waals surface area contributed by atoms with Crippen LogP contribution in [0.1, 0.15) is 0 Å². The van der Waals surface area contributed by atoms with Gasteiger partial charge < -0.3 is 14.5 Å². The molecule has 3 nitrogen and oxygen atoms in total. The fourth-order valence-electron chi connectivity index (χ4n) is 1.56. The third-order valence-electron chi connectivity index (χ3n) is 2.16. The number of ether oxygens (including phenoxy) is 2. The van der Waals surface area contributed by atoms with Gasteiger partial charge in [0.2, 0.25) is 0 Å². The molecule has 2 aromatic rings. The Bertz CT molecular complexity index is 447. The fraction of sp³-hybridized carbons (Fsp3) is 0.100. The van der Waals surface area contributed by atoms with Gasteiger partial charge in [0.1, 0.15) is 6.61 Å². The summed E-state index contributed by atoms with van der Waals surface area (Å²) >= 11 is 0. The summed E-state index contributed by atoms with van der Waals surface area (Å²) in [6.07, 6.45) is 1.89. The first-order valence-corrected chi connectivity index (χ1v) is 4.16. The SMILES string of the molecule is [CH]1COc2ccc3[nH]ccc3c2O1. The van der Waals surface area contributed by atoms with Crippen molar-refractivity contribution in [3.63, 3.8) is 0 Å². The molecule has 1 aliphatic heterocycles. The summed E-state index contributed by atoms with van der Waals surface area (Å²) in [4.78, 5) is 3.12. The molecule has 1 radical (unpaired) electrons. The van der Waals surface area contributed by atoms with Crippen LogP contribution in [0.5, 0.6) is 11.5 Å². The maximum Gasteiger partial charge on any atom is 0.173 e. The molecule has 0 saturated carbocycles. The van der Waals surface area contributed by atoms with Crippen LogP contribution in [0.4, 0.5) is 0 Å². The number of aromatic amines is 1. The third kappa shape index (κ3) is 0.900. The predicted octanol–water partition coefficient (Wildman–Crippen LogP) is 2.10. The van der Waals surface area contributed by atoms with E-state index >= 15 is 0 Å². The minimum atomic E-state index is 0.517. The molecule has 0 unspecified atom stereocenters. The van der Waals surface area contributed by atoms with E-state index < -0.39 is 0 Å². The summed E-state index contributed by atoms with van der Waals surface area (Å²) in [6.45, 7) is 2.18. The molecule has 0 aliphatic carbocycles. The number of nitrogens with one attached hydrogen (secondary N) is 1. The summed E-state index contributed by atoms with van der Waals surface area (Å²) in [7, 11) is 0. The van der Waals surface area contributed by atoms with Crippen molar-refractivity contribution in [1.82, 2.24) is 4.98 Å². The molecule has 1 aromatic carbocycles. The van der Waals surface area contributed by atoms with E-state index in [9.17, 15) is 0 Å². The first-order valence-electron chi connectivity index (χ1n) is 4.16. The highest BCUT2D eigenvalue weighted by atomic mass is 16.6. The number of rotatable bonds is 0. The Morgan fingerprint density at radius 2 is 2.23 bits per heavy atom. The Labute approximate surface area is 75.3 Å². The van der Waals surface area contributed by atoms with Crippen molar-refractivity contribution < 1.29 is 9.47 Å². The first kappa shape index (κ1) is 6.83. The van der Waals surface area contributed by atoms with Crippen LogP contribution in [0.25, 0.3) is 10.9 Å². The Hall–Kier alpha value is -1.64. The molecule has 65 valence electrons. The lowest BCUT2D eigenvalue weighted by Crippen LogP contribution is -2.10. The Kier molecular flexibility index (Phi) is 1.27. The number of H-pyrrole nitrogens is 1. The van der Waals surface area contributed by atoms with E-state index in [0.717, 1.165) is 22.4 Å². The van der Waals surface area contributed by atoms with Crippen LogP contribution >= 0.6 is 0 Å². The molecule has 1 aliphatic rings. The number of aromatic nitrogens is 1.